The fourth-order valence-corrected chi connectivity index (χ4v) is 2.87. The van der Waals surface area contributed by atoms with Gasteiger partial charge in [0.15, 0.2) is 0 Å². The highest BCUT2D eigenvalue weighted by Gasteiger charge is 2.58. The third kappa shape index (κ3) is 4.93. The number of hydrogen-bond donors (Lipinski definition) is 2. The average Bonchev–Trinajstić information content (AvgIpc) is 3.09. The van der Waals surface area contributed by atoms with Crippen LogP contribution in [0.5, 0.6) is 0 Å². The van der Waals surface area contributed by atoms with Gasteiger partial charge in [-0.3, -0.25) is 0 Å². The Morgan fingerprint density at radius 1 is 0.968 bits per heavy atom. The molecule has 2 aromatic heterocycles. The van der Waals surface area contributed by atoms with Crippen molar-refractivity contribution < 1.29 is 35.8 Å². The Labute approximate surface area is 170 Å². The maximum Gasteiger partial charge on any atom is 0.418 e. The van der Waals surface area contributed by atoms with Gasteiger partial charge in [0.2, 0.25) is 12.0 Å². The predicted octanol–water partition coefficient (Wildman–Crippen LogP) is 4.22. The summed E-state index contributed by atoms with van der Waals surface area (Å²) in [7, 11) is 0. The van der Waals surface area contributed by atoms with E-state index < -0.39 is 29.9 Å². The van der Waals surface area contributed by atoms with Crippen LogP contribution in [0.4, 0.5) is 36.7 Å². The van der Waals surface area contributed by atoms with Gasteiger partial charge >= 0.3 is 12.4 Å². The molecule has 6 nitrogen and oxygen atoms in total. The van der Waals surface area contributed by atoms with E-state index in [1.54, 1.807) is 0 Å². The molecule has 0 fully saturated rings. The maximum absolute atomic E-state index is 13.4. The van der Waals surface area contributed by atoms with Gasteiger partial charge in [0.25, 0.3) is 0 Å². The van der Waals surface area contributed by atoms with Gasteiger partial charge in [-0.05, 0) is 30.3 Å². The van der Waals surface area contributed by atoms with Gasteiger partial charge in [0, 0.05) is 18.3 Å². The highest BCUT2D eigenvalue weighted by atomic mass is 19.4. The van der Waals surface area contributed by atoms with Crippen molar-refractivity contribution in [3.05, 3.63) is 48.7 Å². The summed E-state index contributed by atoms with van der Waals surface area (Å²) in [5.74, 6) is -0.773. The van der Waals surface area contributed by atoms with Crippen LogP contribution >= 0.6 is 0 Å². The number of aliphatic hydroxyl groups excluding tert-OH is 1. The molecule has 0 aliphatic rings. The Morgan fingerprint density at radius 3 is 2.19 bits per heavy atom. The number of imidazole rings is 1. The molecule has 0 saturated heterocycles. The number of hydrogen-bond acceptors (Lipinski definition) is 5. The molecule has 0 saturated carbocycles. The molecule has 166 valence electrons. The average molecular weight is 449 g/mol. The van der Waals surface area contributed by atoms with Crippen molar-refractivity contribution in [3.8, 4) is 22.6 Å². The van der Waals surface area contributed by atoms with E-state index in [1.807, 2.05) is 0 Å². The quantitative estimate of drug-likeness (QED) is 0.552. The summed E-state index contributed by atoms with van der Waals surface area (Å²) >= 11 is 0. The lowest BCUT2D eigenvalue weighted by Crippen LogP contribution is -2.38. The molecule has 2 heterocycles. The normalized spacial score (nSPS) is 12.4. The number of anilines is 1. The largest absolute Gasteiger partial charge is 0.418 e. The summed E-state index contributed by atoms with van der Waals surface area (Å²) in [5, 5.41) is 11.5. The summed E-state index contributed by atoms with van der Waals surface area (Å²) in [6.07, 6.45) is -9.82. The summed E-state index contributed by atoms with van der Waals surface area (Å²) < 4.78 is 93.7. The van der Waals surface area contributed by atoms with E-state index >= 15 is 0 Å². The second-order valence-corrected chi connectivity index (χ2v) is 6.26. The van der Waals surface area contributed by atoms with E-state index in [1.165, 1.54) is 12.1 Å². The SMILES string of the molecule is OCCNc1nccc(-c2c(-c3ccc(F)cc3)ncn2C(C(F)(F)F)C(F)(F)F)n1. The molecule has 2 N–H and O–H groups in total. The third-order valence-electron chi connectivity index (χ3n) is 4.10. The first-order valence-electron chi connectivity index (χ1n) is 8.66. The molecule has 0 atom stereocenters. The topological polar surface area (TPSA) is 75.9 Å². The fraction of sp³-hybridized carbons (Fsp3) is 0.278. The van der Waals surface area contributed by atoms with Crippen LogP contribution in [0, 0.1) is 5.82 Å². The standard InChI is InChI=1S/C18H14F7N5O/c19-11-3-1-10(2-4-11)13-14(12-5-6-26-16(29-12)27-7-8-31)30(9-28-13)15(17(20,21)22)18(23,24)25/h1-6,9,15,31H,7-8H2,(H,26,27,29). The minimum absolute atomic E-state index is 0.00125. The van der Waals surface area contributed by atoms with Gasteiger partial charge in [-0.25, -0.2) is 19.3 Å². The van der Waals surface area contributed by atoms with Crippen LogP contribution in [-0.4, -0.2) is 50.1 Å². The Balaban J connectivity index is 2.25. The lowest BCUT2D eigenvalue weighted by Gasteiger charge is -2.25. The predicted molar refractivity (Wildman–Crippen MR) is 95.4 cm³/mol. The molecular weight excluding hydrogens is 435 g/mol. The van der Waals surface area contributed by atoms with Crippen molar-refractivity contribution >= 4 is 5.95 Å². The van der Waals surface area contributed by atoms with Crippen molar-refractivity contribution in [2.45, 2.75) is 18.4 Å². The maximum atomic E-state index is 13.4. The number of benzene rings is 1. The number of halogens is 7. The van der Waals surface area contributed by atoms with Gasteiger partial charge in [-0.1, -0.05) is 0 Å². The van der Waals surface area contributed by atoms with Gasteiger partial charge in [0.05, 0.1) is 30.0 Å². The molecule has 0 aliphatic heterocycles. The first-order chi connectivity index (χ1) is 14.5. The number of aliphatic hydroxyl groups is 1. The molecule has 0 aliphatic carbocycles. The third-order valence-corrected chi connectivity index (χ3v) is 4.10. The Kier molecular flexibility index (Phi) is 6.15. The molecular formula is C18H14F7N5O. The van der Waals surface area contributed by atoms with E-state index in [2.05, 4.69) is 20.3 Å². The van der Waals surface area contributed by atoms with Crippen LogP contribution in [-0.2, 0) is 0 Å². The summed E-state index contributed by atoms with van der Waals surface area (Å²) in [6, 6.07) is 1.57. The highest BCUT2D eigenvalue weighted by Crippen LogP contribution is 2.46. The first kappa shape index (κ1) is 22.5. The van der Waals surface area contributed by atoms with Crippen molar-refractivity contribution in [2.75, 3.05) is 18.5 Å². The molecule has 0 bridgehead atoms. The van der Waals surface area contributed by atoms with Crippen molar-refractivity contribution in [3.63, 3.8) is 0 Å². The molecule has 0 amide bonds. The molecule has 31 heavy (non-hydrogen) atoms. The summed E-state index contributed by atoms with van der Waals surface area (Å²) in [6.45, 7) is -0.308. The minimum Gasteiger partial charge on any atom is -0.395 e. The van der Waals surface area contributed by atoms with Crippen molar-refractivity contribution in [1.29, 1.82) is 0 Å². The lowest BCUT2D eigenvalue weighted by atomic mass is 10.1. The Morgan fingerprint density at radius 2 is 1.61 bits per heavy atom. The molecule has 0 unspecified atom stereocenters. The van der Waals surface area contributed by atoms with Crippen molar-refractivity contribution in [2.24, 2.45) is 0 Å². The summed E-state index contributed by atoms with van der Waals surface area (Å²) in [4.78, 5) is 11.5. The van der Waals surface area contributed by atoms with Crippen LogP contribution in [0.15, 0.2) is 42.9 Å². The second kappa shape index (κ2) is 8.49. The number of nitrogens with one attached hydrogen (secondary N) is 1. The van der Waals surface area contributed by atoms with Gasteiger partial charge in [-0.2, -0.15) is 26.3 Å². The monoisotopic (exact) mass is 449 g/mol. The highest BCUT2D eigenvalue weighted by molar-refractivity contribution is 5.77. The Bertz CT molecular complexity index is 1020. The second-order valence-electron chi connectivity index (χ2n) is 6.26. The smallest absolute Gasteiger partial charge is 0.395 e. The van der Waals surface area contributed by atoms with Crippen LogP contribution in [0.3, 0.4) is 0 Å². The van der Waals surface area contributed by atoms with E-state index in [4.69, 9.17) is 5.11 Å². The zero-order valence-electron chi connectivity index (χ0n) is 15.4. The Hall–Kier alpha value is -3.22. The van der Waals surface area contributed by atoms with E-state index in [0.717, 1.165) is 24.4 Å². The summed E-state index contributed by atoms with van der Waals surface area (Å²) in [5.41, 5.74) is -1.04. The van der Waals surface area contributed by atoms with Gasteiger partial charge in [-0.15, -0.1) is 0 Å². The number of rotatable bonds is 6. The number of aromatic nitrogens is 4. The molecule has 3 rings (SSSR count). The van der Waals surface area contributed by atoms with Crippen LogP contribution in [0.2, 0.25) is 0 Å². The van der Waals surface area contributed by atoms with Gasteiger partial charge in [0.1, 0.15) is 5.82 Å². The molecule has 0 radical (unpaired) electrons. The van der Waals surface area contributed by atoms with Crippen LogP contribution < -0.4 is 5.32 Å². The van der Waals surface area contributed by atoms with E-state index in [-0.39, 0.29) is 40.6 Å². The van der Waals surface area contributed by atoms with E-state index in [0.29, 0.717) is 6.33 Å². The minimum atomic E-state index is -5.68. The van der Waals surface area contributed by atoms with Crippen LogP contribution in [0.25, 0.3) is 22.6 Å². The van der Waals surface area contributed by atoms with E-state index in [9.17, 15) is 30.7 Å². The zero-order valence-corrected chi connectivity index (χ0v) is 15.4. The van der Waals surface area contributed by atoms with Gasteiger partial charge < -0.3 is 15.0 Å². The fourth-order valence-electron chi connectivity index (χ4n) is 2.87. The molecule has 0 spiro atoms. The zero-order chi connectivity index (χ0) is 22.8. The number of alkyl halides is 6. The molecule has 13 heteroatoms. The molecule has 1 aromatic carbocycles. The molecule has 3 aromatic rings. The number of nitrogens with zero attached hydrogens (tertiary/aromatic N) is 4. The van der Waals surface area contributed by atoms with Crippen molar-refractivity contribution in [1.82, 2.24) is 19.5 Å². The lowest BCUT2D eigenvalue weighted by molar-refractivity contribution is -0.273. The first-order valence-corrected chi connectivity index (χ1v) is 8.66. The van der Waals surface area contributed by atoms with Crippen LogP contribution in [0.1, 0.15) is 6.04 Å².